The number of piperidine rings is 1. The molecule has 1 aromatic carbocycles. The van der Waals surface area contributed by atoms with E-state index in [2.05, 4.69) is 5.32 Å². The number of hydrogen-bond donors (Lipinski definition) is 1. The lowest BCUT2D eigenvalue weighted by molar-refractivity contribution is -0.141. The molecule has 1 aliphatic carbocycles. The summed E-state index contributed by atoms with van der Waals surface area (Å²) < 4.78 is 13.9. The molecule has 0 spiro atoms. The van der Waals surface area contributed by atoms with Crippen LogP contribution >= 0.6 is 0 Å². The first-order valence-electron chi connectivity index (χ1n) is 10.4. The van der Waals surface area contributed by atoms with Gasteiger partial charge < -0.3 is 10.2 Å². The van der Waals surface area contributed by atoms with Crippen LogP contribution in [0.25, 0.3) is 0 Å². The van der Waals surface area contributed by atoms with Crippen LogP contribution in [0.3, 0.4) is 0 Å². The molecule has 4 nitrogen and oxygen atoms in total. The topological polar surface area (TPSA) is 49.4 Å². The van der Waals surface area contributed by atoms with Crippen LogP contribution in [-0.4, -0.2) is 35.8 Å². The van der Waals surface area contributed by atoms with Gasteiger partial charge in [0.1, 0.15) is 5.82 Å². The van der Waals surface area contributed by atoms with Gasteiger partial charge in [0.2, 0.25) is 11.8 Å². The van der Waals surface area contributed by atoms with Gasteiger partial charge in [0.25, 0.3) is 0 Å². The van der Waals surface area contributed by atoms with Gasteiger partial charge in [-0.15, -0.1) is 0 Å². The Morgan fingerprint density at radius 2 is 2.00 bits per heavy atom. The first-order chi connectivity index (χ1) is 13.0. The largest absolute Gasteiger partial charge is 0.352 e. The van der Waals surface area contributed by atoms with E-state index in [1.165, 1.54) is 12.1 Å². The molecule has 0 aromatic heterocycles. The lowest BCUT2D eigenvalue weighted by Gasteiger charge is -2.43. The first kappa shape index (κ1) is 19.8. The van der Waals surface area contributed by atoms with Crippen molar-refractivity contribution in [1.82, 2.24) is 10.2 Å². The minimum atomic E-state index is -0.615. The molecule has 1 saturated carbocycles. The number of hydrogen-bond acceptors (Lipinski definition) is 2. The molecule has 1 unspecified atom stereocenters. The number of halogens is 1. The summed E-state index contributed by atoms with van der Waals surface area (Å²) in [6.45, 7) is 3.27. The van der Waals surface area contributed by atoms with E-state index in [1.54, 1.807) is 6.07 Å². The molecule has 1 atom stereocenters. The second-order valence-corrected chi connectivity index (χ2v) is 8.06. The van der Waals surface area contributed by atoms with Crippen LogP contribution in [-0.2, 0) is 15.0 Å². The number of likely N-dealkylation sites (tertiary alicyclic amines) is 1. The lowest BCUT2D eigenvalue weighted by atomic mass is 9.68. The maximum absolute atomic E-state index is 13.9. The Hall–Kier alpha value is -1.91. The number of nitrogens with one attached hydrogen (secondary N) is 1. The third-order valence-electron chi connectivity index (χ3n) is 6.04. The van der Waals surface area contributed by atoms with Crippen LogP contribution in [0.15, 0.2) is 24.3 Å². The second kappa shape index (κ2) is 8.85. The Kier molecular flexibility index (Phi) is 6.51. The van der Waals surface area contributed by atoms with Crippen molar-refractivity contribution < 1.29 is 14.0 Å². The smallest absolute Gasteiger partial charge is 0.233 e. The van der Waals surface area contributed by atoms with Gasteiger partial charge in [0, 0.05) is 25.6 Å². The van der Waals surface area contributed by atoms with E-state index in [0.29, 0.717) is 13.0 Å². The molecule has 5 heteroatoms. The van der Waals surface area contributed by atoms with E-state index in [4.69, 9.17) is 0 Å². The van der Waals surface area contributed by atoms with Gasteiger partial charge in [-0.25, -0.2) is 4.39 Å². The summed E-state index contributed by atoms with van der Waals surface area (Å²) in [4.78, 5) is 27.5. The zero-order valence-corrected chi connectivity index (χ0v) is 16.3. The van der Waals surface area contributed by atoms with Crippen LogP contribution in [0.5, 0.6) is 0 Å². The maximum atomic E-state index is 13.9. The average molecular weight is 375 g/mol. The minimum Gasteiger partial charge on any atom is -0.352 e. The molecule has 1 N–H and O–H groups in total. The molecule has 1 saturated heterocycles. The van der Waals surface area contributed by atoms with Crippen molar-refractivity contribution in [1.29, 1.82) is 0 Å². The Balaban J connectivity index is 1.79. The van der Waals surface area contributed by atoms with Gasteiger partial charge in [-0.1, -0.05) is 38.3 Å². The maximum Gasteiger partial charge on any atom is 0.233 e. The molecule has 0 bridgehead atoms. The molecule has 1 aliphatic heterocycles. The van der Waals surface area contributed by atoms with Gasteiger partial charge >= 0.3 is 0 Å². The summed E-state index contributed by atoms with van der Waals surface area (Å²) in [6.07, 6.45) is 7.81. The van der Waals surface area contributed by atoms with Crippen molar-refractivity contribution in [3.63, 3.8) is 0 Å². The van der Waals surface area contributed by atoms with Crippen molar-refractivity contribution >= 4 is 11.8 Å². The van der Waals surface area contributed by atoms with E-state index in [0.717, 1.165) is 63.5 Å². The van der Waals surface area contributed by atoms with Crippen LogP contribution in [0.4, 0.5) is 4.39 Å². The van der Waals surface area contributed by atoms with E-state index in [9.17, 15) is 14.0 Å². The summed E-state index contributed by atoms with van der Waals surface area (Å²) in [5, 5.41) is 3.08. The summed E-state index contributed by atoms with van der Waals surface area (Å²) in [5.41, 5.74) is 0.194. The van der Waals surface area contributed by atoms with E-state index in [-0.39, 0.29) is 23.7 Å². The molecule has 2 aliphatic rings. The standard InChI is InChI=1S/C22H31FN2O2/c1-2-8-20(26)24-19-11-7-14-25(16-19)21(27)22(12-4-3-5-13-22)17-9-6-10-18(23)15-17/h6,9-10,15,19H,2-5,7-8,11-14,16H2,1H3,(H,24,26). The van der Waals surface area contributed by atoms with Crippen molar-refractivity contribution in [3.8, 4) is 0 Å². The van der Waals surface area contributed by atoms with Crippen LogP contribution in [0, 0.1) is 5.82 Å². The normalized spacial score (nSPS) is 22.3. The van der Waals surface area contributed by atoms with Crippen molar-refractivity contribution in [3.05, 3.63) is 35.6 Å². The highest BCUT2D eigenvalue weighted by Crippen LogP contribution is 2.41. The van der Waals surface area contributed by atoms with Crippen molar-refractivity contribution in [2.45, 2.75) is 76.2 Å². The lowest BCUT2D eigenvalue weighted by Crippen LogP contribution is -2.55. The zero-order valence-electron chi connectivity index (χ0n) is 16.3. The van der Waals surface area contributed by atoms with Gasteiger partial charge in [0.15, 0.2) is 0 Å². The van der Waals surface area contributed by atoms with E-state index >= 15 is 0 Å². The summed E-state index contributed by atoms with van der Waals surface area (Å²) in [7, 11) is 0. The highest BCUT2D eigenvalue weighted by Gasteiger charge is 2.44. The summed E-state index contributed by atoms with van der Waals surface area (Å²) in [6, 6.07) is 6.60. The number of carbonyl (C=O) groups excluding carboxylic acids is 2. The molecule has 27 heavy (non-hydrogen) atoms. The molecular formula is C22H31FN2O2. The molecule has 148 valence electrons. The fraction of sp³-hybridized carbons (Fsp3) is 0.636. The van der Waals surface area contributed by atoms with E-state index < -0.39 is 5.41 Å². The SMILES string of the molecule is CCCC(=O)NC1CCCN(C(=O)C2(c3cccc(F)c3)CCCCC2)C1. The summed E-state index contributed by atoms with van der Waals surface area (Å²) >= 11 is 0. The molecule has 0 radical (unpaired) electrons. The number of benzene rings is 1. The Labute approximate surface area is 161 Å². The Bertz CT molecular complexity index is 670. The quantitative estimate of drug-likeness (QED) is 0.849. The van der Waals surface area contributed by atoms with Gasteiger partial charge in [-0.2, -0.15) is 0 Å². The van der Waals surface area contributed by atoms with Crippen LogP contribution < -0.4 is 5.32 Å². The minimum absolute atomic E-state index is 0.0231. The summed E-state index contributed by atoms with van der Waals surface area (Å²) in [5.74, 6) is -0.106. The molecule has 3 rings (SSSR count). The monoisotopic (exact) mass is 374 g/mol. The molecular weight excluding hydrogens is 343 g/mol. The van der Waals surface area contributed by atoms with Crippen molar-refractivity contribution in [2.24, 2.45) is 0 Å². The molecule has 1 aromatic rings. The van der Waals surface area contributed by atoms with Gasteiger partial charge in [-0.3, -0.25) is 9.59 Å². The average Bonchev–Trinajstić information content (AvgIpc) is 2.68. The predicted octanol–water partition coefficient (Wildman–Crippen LogP) is 3.93. The zero-order chi connectivity index (χ0) is 19.3. The third-order valence-corrected chi connectivity index (χ3v) is 6.04. The first-order valence-corrected chi connectivity index (χ1v) is 10.4. The Morgan fingerprint density at radius 1 is 1.22 bits per heavy atom. The van der Waals surface area contributed by atoms with Gasteiger partial charge in [0.05, 0.1) is 5.41 Å². The second-order valence-electron chi connectivity index (χ2n) is 8.06. The highest BCUT2D eigenvalue weighted by atomic mass is 19.1. The molecule has 2 amide bonds. The number of nitrogens with zero attached hydrogens (tertiary/aromatic N) is 1. The van der Waals surface area contributed by atoms with Gasteiger partial charge in [-0.05, 0) is 49.8 Å². The fourth-order valence-corrected chi connectivity index (χ4v) is 4.68. The highest BCUT2D eigenvalue weighted by molar-refractivity contribution is 5.88. The third kappa shape index (κ3) is 4.50. The Morgan fingerprint density at radius 3 is 2.70 bits per heavy atom. The number of carbonyl (C=O) groups is 2. The fourth-order valence-electron chi connectivity index (χ4n) is 4.68. The molecule has 2 fully saturated rings. The van der Waals surface area contributed by atoms with E-state index in [1.807, 2.05) is 17.9 Å². The van der Waals surface area contributed by atoms with Crippen LogP contribution in [0.2, 0.25) is 0 Å². The number of amides is 2. The van der Waals surface area contributed by atoms with Crippen LogP contribution in [0.1, 0.15) is 70.3 Å². The predicted molar refractivity (Wildman–Crippen MR) is 104 cm³/mol. The molecule has 1 heterocycles. The van der Waals surface area contributed by atoms with Crippen molar-refractivity contribution in [2.75, 3.05) is 13.1 Å². The number of rotatable bonds is 5.